The van der Waals surface area contributed by atoms with Gasteiger partial charge in [-0.3, -0.25) is 9.69 Å². The van der Waals surface area contributed by atoms with Crippen LogP contribution in [0.2, 0.25) is 0 Å². The first-order valence-electron chi connectivity index (χ1n) is 11.7. The molecule has 3 aromatic carbocycles. The van der Waals surface area contributed by atoms with E-state index < -0.39 is 24.4 Å². The summed E-state index contributed by atoms with van der Waals surface area (Å²) in [4.78, 5) is 17.7. The molecule has 1 fully saturated rings. The standard InChI is InChI=1S/C26H16F6N6O3S/c27-25(28,29)40-19-11-9-18(10-12-19)37-15-33-23(36-37)17-7-5-16(6-8-17)13-34-35-24-38(22(39)14-42-24)20-3-1-2-4-21(20)41-26(30,31)32/h1-13,15H,14H2. The quantitative estimate of drug-likeness (QED) is 0.141. The largest absolute Gasteiger partial charge is 0.573 e. The number of amidine groups is 1. The number of benzene rings is 3. The second kappa shape index (κ2) is 11.6. The van der Waals surface area contributed by atoms with E-state index in [1.807, 2.05) is 0 Å². The zero-order valence-corrected chi connectivity index (χ0v) is 21.7. The van der Waals surface area contributed by atoms with Gasteiger partial charge in [-0.05, 0) is 42.0 Å². The highest BCUT2D eigenvalue weighted by atomic mass is 32.2. The first-order chi connectivity index (χ1) is 19.9. The average Bonchev–Trinajstić information content (AvgIpc) is 3.55. The van der Waals surface area contributed by atoms with Gasteiger partial charge >= 0.3 is 12.7 Å². The van der Waals surface area contributed by atoms with Crippen LogP contribution in [0.5, 0.6) is 11.5 Å². The summed E-state index contributed by atoms with van der Waals surface area (Å²) in [6, 6.07) is 17.2. The molecule has 0 bridgehead atoms. The molecule has 0 N–H and O–H groups in total. The summed E-state index contributed by atoms with van der Waals surface area (Å²) in [5.41, 5.74) is 1.61. The second-order valence-corrected chi connectivity index (χ2v) is 9.28. The van der Waals surface area contributed by atoms with E-state index in [0.717, 1.165) is 34.9 Å². The molecule has 4 aromatic rings. The molecule has 42 heavy (non-hydrogen) atoms. The van der Waals surface area contributed by atoms with Crippen molar-refractivity contribution in [1.82, 2.24) is 14.8 Å². The molecule has 1 aliphatic heterocycles. The van der Waals surface area contributed by atoms with Gasteiger partial charge in [0.05, 0.1) is 23.3 Å². The van der Waals surface area contributed by atoms with Gasteiger partial charge in [-0.1, -0.05) is 48.2 Å². The van der Waals surface area contributed by atoms with Crippen LogP contribution in [0, 0.1) is 0 Å². The molecule has 5 rings (SSSR count). The second-order valence-electron chi connectivity index (χ2n) is 8.34. The number of hydrogen-bond donors (Lipinski definition) is 0. The smallest absolute Gasteiger partial charge is 0.406 e. The van der Waals surface area contributed by atoms with Crippen LogP contribution in [0.1, 0.15) is 5.56 Å². The number of halogens is 6. The van der Waals surface area contributed by atoms with Crippen LogP contribution < -0.4 is 14.4 Å². The van der Waals surface area contributed by atoms with Crippen LogP contribution in [0.4, 0.5) is 32.0 Å². The van der Waals surface area contributed by atoms with Crippen LogP contribution in [-0.2, 0) is 4.79 Å². The van der Waals surface area contributed by atoms with E-state index in [1.54, 1.807) is 24.3 Å². The summed E-state index contributed by atoms with van der Waals surface area (Å²) < 4.78 is 84.9. The summed E-state index contributed by atoms with van der Waals surface area (Å²) in [6.45, 7) is 0. The Kier molecular flexibility index (Phi) is 7.89. The van der Waals surface area contributed by atoms with E-state index in [9.17, 15) is 31.1 Å². The van der Waals surface area contributed by atoms with Gasteiger partial charge in [-0.25, -0.2) is 9.67 Å². The molecule has 1 saturated heterocycles. The van der Waals surface area contributed by atoms with Crippen molar-refractivity contribution in [3.63, 3.8) is 0 Å². The van der Waals surface area contributed by atoms with Crippen molar-refractivity contribution in [2.45, 2.75) is 12.7 Å². The number of hydrogen-bond acceptors (Lipinski definition) is 8. The maximum absolute atomic E-state index is 12.8. The van der Waals surface area contributed by atoms with Crippen molar-refractivity contribution in [3.8, 4) is 28.6 Å². The van der Waals surface area contributed by atoms with E-state index in [1.165, 1.54) is 47.6 Å². The van der Waals surface area contributed by atoms with Crippen molar-refractivity contribution >= 4 is 34.7 Å². The SMILES string of the molecule is O=C1CSC(=NN=Cc2ccc(-c3ncn(-c4ccc(OC(F)(F)F)cc4)n3)cc2)N1c1ccccc1OC(F)(F)F. The minimum absolute atomic E-state index is 0.0332. The molecule has 0 spiro atoms. The third-order valence-electron chi connectivity index (χ3n) is 5.44. The topological polar surface area (TPSA) is 94.2 Å². The molecule has 1 aliphatic rings. The number of carbonyl (C=O) groups is 1. The minimum Gasteiger partial charge on any atom is -0.406 e. The summed E-state index contributed by atoms with van der Waals surface area (Å²) >= 11 is 1.02. The molecule has 0 aliphatic carbocycles. The lowest BCUT2D eigenvalue weighted by molar-refractivity contribution is -0.275. The van der Waals surface area contributed by atoms with E-state index >= 15 is 0 Å². The summed E-state index contributed by atoms with van der Waals surface area (Å²) in [6.07, 6.45) is -6.93. The Labute approximate surface area is 237 Å². The van der Waals surface area contributed by atoms with Crippen LogP contribution in [0.25, 0.3) is 17.1 Å². The molecule has 0 radical (unpaired) electrons. The number of thioether (sulfide) groups is 1. The first-order valence-corrected chi connectivity index (χ1v) is 12.7. The fourth-order valence-corrected chi connectivity index (χ4v) is 4.53. The van der Waals surface area contributed by atoms with E-state index in [-0.39, 0.29) is 22.4 Å². The molecule has 0 saturated carbocycles. The number of ether oxygens (including phenoxy) is 2. The van der Waals surface area contributed by atoms with E-state index in [0.29, 0.717) is 22.6 Å². The Hall–Kier alpha value is -4.86. The molecular formula is C26H16F6N6O3S. The van der Waals surface area contributed by atoms with Crippen molar-refractivity contribution < 1.29 is 40.6 Å². The van der Waals surface area contributed by atoms with Crippen molar-refractivity contribution in [3.05, 3.63) is 84.7 Å². The van der Waals surface area contributed by atoms with E-state index in [2.05, 4.69) is 29.8 Å². The van der Waals surface area contributed by atoms with Gasteiger partial charge in [0.2, 0.25) is 5.91 Å². The summed E-state index contributed by atoms with van der Waals surface area (Å²) in [7, 11) is 0. The fourth-order valence-electron chi connectivity index (χ4n) is 3.71. The van der Waals surface area contributed by atoms with Gasteiger partial charge in [-0.2, -0.15) is 5.10 Å². The van der Waals surface area contributed by atoms with Gasteiger partial charge in [0.25, 0.3) is 0 Å². The first kappa shape index (κ1) is 28.7. The fraction of sp³-hybridized carbons (Fsp3) is 0.115. The van der Waals surface area contributed by atoms with Gasteiger partial charge < -0.3 is 9.47 Å². The molecule has 0 unspecified atom stereocenters. The highest BCUT2D eigenvalue weighted by Crippen LogP contribution is 2.37. The Bertz CT molecular complexity index is 1640. The maximum atomic E-state index is 12.8. The van der Waals surface area contributed by atoms with Gasteiger partial charge in [0.1, 0.15) is 12.1 Å². The lowest BCUT2D eigenvalue weighted by Gasteiger charge is -2.19. The number of nitrogens with zero attached hydrogens (tertiary/aromatic N) is 6. The number of alkyl halides is 6. The monoisotopic (exact) mass is 606 g/mol. The highest BCUT2D eigenvalue weighted by molar-refractivity contribution is 8.15. The molecule has 16 heteroatoms. The Morgan fingerprint density at radius 3 is 2.26 bits per heavy atom. The van der Waals surface area contributed by atoms with Gasteiger partial charge in [0, 0.05) is 5.56 Å². The molecule has 1 aromatic heterocycles. The minimum atomic E-state index is -4.94. The van der Waals surface area contributed by atoms with Crippen molar-refractivity contribution in [2.75, 3.05) is 10.7 Å². The summed E-state index contributed by atoms with van der Waals surface area (Å²) in [5.74, 6) is -1.06. The van der Waals surface area contributed by atoms with Crippen molar-refractivity contribution in [2.24, 2.45) is 10.2 Å². The number of amides is 1. The van der Waals surface area contributed by atoms with Crippen LogP contribution >= 0.6 is 11.8 Å². The third kappa shape index (κ3) is 7.06. The van der Waals surface area contributed by atoms with Gasteiger partial charge in [-0.15, -0.1) is 36.5 Å². The summed E-state index contributed by atoms with van der Waals surface area (Å²) in [5, 5.41) is 12.4. The maximum Gasteiger partial charge on any atom is 0.573 e. The van der Waals surface area contributed by atoms with Crippen molar-refractivity contribution in [1.29, 1.82) is 0 Å². The van der Waals surface area contributed by atoms with Crippen LogP contribution in [0.15, 0.2) is 89.3 Å². The predicted octanol–water partition coefficient (Wildman–Crippen LogP) is 6.20. The zero-order valence-electron chi connectivity index (χ0n) is 20.9. The number of aromatic nitrogens is 3. The molecule has 2 heterocycles. The Morgan fingerprint density at radius 2 is 1.57 bits per heavy atom. The number of rotatable bonds is 7. The Morgan fingerprint density at radius 1 is 0.881 bits per heavy atom. The molecular weight excluding hydrogens is 590 g/mol. The molecule has 216 valence electrons. The average molecular weight is 607 g/mol. The number of anilines is 1. The van der Waals surface area contributed by atoms with Crippen LogP contribution in [-0.4, -0.2) is 50.5 Å². The molecule has 9 nitrogen and oxygen atoms in total. The van der Waals surface area contributed by atoms with Gasteiger partial charge in [0.15, 0.2) is 16.7 Å². The number of carbonyl (C=O) groups excluding carboxylic acids is 1. The highest BCUT2D eigenvalue weighted by Gasteiger charge is 2.36. The van der Waals surface area contributed by atoms with E-state index in [4.69, 9.17) is 0 Å². The molecule has 0 atom stereocenters. The predicted molar refractivity (Wildman–Crippen MR) is 142 cm³/mol. The normalized spacial score (nSPS) is 15.1. The number of para-hydroxylation sites is 2. The third-order valence-corrected chi connectivity index (χ3v) is 6.36. The Balaban J connectivity index is 1.27. The lowest BCUT2D eigenvalue weighted by atomic mass is 10.1. The zero-order chi connectivity index (χ0) is 29.9. The lowest BCUT2D eigenvalue weighted by Crippen LogP contribution is -2.30. The van der Waals surface area contributed by atoms with Crippen LogP contribution in [0.3, 0.4) is 0 Å². The molecule has 1 amide bonds.